The molecule has 1 unspecified atom stereocenters. The van der Waals surface area contributed by atoms with E-state index in [1.165, 1.54) is 5.56 Å². The fourth-order valence-corrected chi connectivity index (χ4v) is 2.10. The Hall–Kier alpha value is -1.74. The van der Waals surface area contributed by atoms with Crippen LogP contribution in [-0.2, 0) is 6.42 Å². The number of hydrogen-bond acceptors (Lipinski definition) is 3. The molecule has 0 amide bonds. The molecule has 0 aliphatic rings. The van der Waals surface area contributed by atoms with Crippen LogP contribution in [-0.4, -0.2) is 13.2 Å². The van der Waals surface area contributed by atoms with Crippen LogP contribution in [0.4, 0.5) is 0 Å². The van der Waals surface area contributed by atoms with Crippen molar-refractivity contribution in [3.63, 3.8) is 0 Å². The van der Waals surface area contributed by atoms with Gasteiger partial charge in [0.1, 0.15) is 11.5 Å². The zero-order chi connectivity index (χ0) is 13.5. The van der Waals surface area contributed by atoms with E-state index in [0.29, 0.717) is 6.61 Å². The van der Waals surface area contributed by atoms with Crippen LogP contribution in [0, 0.1) is 0 Å². The first-order chi connectivity index (χ1) is 9.31. The van der Waals surface area contributed by atoms with E-state index in [1.807, 2.05) is 37.3 Å². The standard InChI is InChI=1S/C16H21NO2/c1-3-18-16-9-5-4-8-15(16)13(2)17-11-10-14-7-6-12-19-14/h4-9,12-13,17H,3,10-11H2,1-2H3. The van der Waals surface area contributed by atoms with Crippen molar-refractivity contribution in [2.45, 2.75) is 26.3 Å². The summed E-state index contributed by atoms with van der Waals surface area (Å²) >= 11 is 0. The van der Waals surface area contributed by atoms with Crippen molar-refractivity contribution >= 4 is 0 Å². The summed E-state index contributed by atoms with van der Waals surface area (Å²) in [5, 5.41) is 3.50. The second-order valence-corrected chi connectivity index (χ2v) is 4.48. The van der Waals surface area contributed by atoms with Crippen LogP contribution in [0.3, 0.4) is 0 Å². The predicted octanol–water partition coefficient (Wildman–Crippen LogP) is 3.57. The number of nitrogens with one attached hydrogen (secondary N) is 1. The topological polar surface area (TPSA) is 34.4 Å². The van der Waals surface area contributed by atoms with E-state index in [1.54, 1.807) is 6.26 Å². The van der Waals surface area contributed by atoms with E-state index in [4.69, 9.17) is 9.15 Å². The van der Waals surface area contributed by atoms with Crippen molar-refractivity contribution in [3.05, 3.63) is 54.0 Å². The Kier molecular flexibility index (Phi) is 5.04. The minimum atomic E-state index is 0.262. The molecule has 102 valence electrons. The molecule has 0 bridgehead atoms. The fourth-order valence-electron chi connectivity index (χ4n) is 2.10. The van der Waals surface area contributed by atoms with Crippen LogP contribution in [0.1, 0.15) is 31.2 Å². The third-order valence-corrected chi connectivity index (χ3v) is 3.09. The van der Waals surface area contributed by atoms with Gasteiger partial charge < -0.3 is 14.5 Å². The van der Waals surface area contributed by atoms with Crippen LogP contribution < -0.4 is 10.1 Å². The molecule has 0 spiro atoms. The Labute approximate surface area is 114 Å². The quantitative estimate of drug-likeness (QED) is 0.825. The monoisotopic (exact) mass is 259 g/mol. The summed E-state index contributed by atoms with van der Waals surface area (Å²) in [4.78, 5) is 0. The molecule has 1 heterocycles. The highest BCUT2D eigenvalue weighted by atomic mass is 16.5. The summed E-state index contributed by atoms with van der Waals surface area (Å²) < 4.78 is 11.0. The molecule has 1 N–H and O–H groups in total. The van der Waals surface area contributed by atoms with E-state index in [2.05, 4.69) is 18.3 Å². The third kappa shape index (κ3) is 3.86. The molecule has 2 aromatic rings. The second kappa shape index (κ2) is 7.00. The predicted molar refractivity (Wildman–Crippen MR) is 76.4 cm³/mol. The highest BCUT2D eigenvalue weighted by Crippen LogP contribution is 2.24. The number of para-hydroxylation sites is 1. The molecule has 0 fully saturated rings. The Morgan fingerprint density at radius 1 is 1.21 bits per heavy atom. The van der Waals surface area contributed by atoms with Gasteiger partial charge in [0, 0.05) is 24.6 Å². The van der Waals surface area contributed by atoms with E-state index >= 15 is 0 Å². The van der Waals surface area contributed by atoms with Crippen molar-refractivity contribution < 1.29 is 9.15 Å². The minimum Gasteiger partial charge on any atom is -0.494 e. The summed E-state index contributed by atoms with van der Waals surface area (Å²) in [5.74, 6) is 1.97. The second-order valence-electron chi connectivity index (χ2n) is 4.48. The molecule has 3 heteroatoms. The Bertz CT molecular complexity index is 479. The van der Waals surface area contributed by atoms with Gasteiger partial charge in [-0.3, -0.25) is 0 Å². The zero-order valence-electron chi connectivity index (χ0n) is 11.6. The first-order valence-electron chi connectivity index (χ1n) is 6.78. The molecule has 19 heavy (non-hydrogen) atoms. The maximum atomic E-state index is 5.65. The van der Waals surface area contributed by atoms with Gasteiger partial charge in [-0.2, -0.15) is 0 Å². The largest absolute Gasteiger partial charge is 0.494 e. The summed E-state index contributed by atoms with van der Waals surface area (Å²) in [6, 6.07) is 12.4. The van der Waals surface area contributed by atoms with E-state index in [0.717, 1.165) is 24.5 Å². The smallest absolute Gasteiger partial charge is 0.124 e. The van der Waals surface area contributed by atoms with Crippen molar-refractivity contribution in [3.8, 4) is 5.75 Å². The van der Waals surface area contributed by atoms with Gasteiger partial charge in [0.25, 0.3) is 0 Å². The lowest BCUT2D eigenvalue weighted by Crippen LogP contribution is -2.21. The van der Waals surface area contributed by atoms with Gasteiger partial charge >= 0.3 is 0 Å². The van der Waals surface area contributed by atoms with Crippen LogP contribution in [0.2, 0.25) is 0 Å². The van der Waals surface area contributed by atoms with Crippen molar-refractivity contribution in [2.75, 3.05) is 13.2 Å². The normalized spacial score (nSPS) is 12.3. The molecule has 0 aliphatic heterocycles. The van der Waals surface area contributed by atoms with Gasteiger partial charge in [-0.05, 0) is 32.0 Å². The highest BCUT2D eigenvalue weighted by Gasteiger charge is 2.10. The molecule has 0 saturated carbocycles. The molecular weight excluding hydrogens is 238 g/mol. The summed E-state index contributed by atoms with van der Waals surface area (Å²) in [7, 11) is 0. The van der Waals surface area contributed by atoms with Crippen molar-refractivity contribution in [1.29, 1.82) is 0 Å². The van der Waals surface area contributed by atoms with Crippen molar-refractivity contribution in [2.24, 2.45) is 0 Å². The lowest BCUT2D eigenvalue weighted by molar-refractivity contribution is 0.332. The summed E-state index contributed by atoms with van der Waals surface area (Å²) in [5.41, 5.74) is 1.20. The van der Waals surface area contributed by atoms with Crippen LogP contribution in [0.5, 0.6) is 5.75 Å². The van der Waals surface area contributed by atoms with Gasteiger partial charge in [0.15, 0.2) is 0 Å². The molecule has 1 atom stereocenters. The van der Waals surface area contributed by atoms with Crippen LogP contribution in [0.25, 0.3) is 0 Å². The van der Waals surface area contributed by atoms with E-state index in [-0.39, 0.29) is 6.04 Å². The first-order valence-corrected chi connectivity index (χ1v) is 6.78. The van der Waals surface area contributed by atoms with Crippen molar-refractivity contribution in [1.82, 2.24) is 5.32 Å². The summed E-state index contributed by atoms with van der Waals surface area (Å²) in [6.07, 6.45) is 2.61. The molecule has 2 rings (SSSR count). The molecular formula is C16H21NO2. The van der Waals surface area contributed by atoms with E-state index in [9.17, 15) is 0 Å². The average Bonchev–Trinajstić information content (AvgIpc) is 2.93. The number of ether oxygens (including phenoxy) is 1. The number of hydrogen-bond donors (Lipinski definition) is 1. The fraction of sp³-hybridized carbons (Fsp3) is 0.375. The lowest BCUT2D eigenvalue weighted by atomic mass is 10.1. The minimum absolute atomic E-state index is 0.262. The molecule has 3 nitrogen and oxygen atoms in total. The highest BCUT2D eigenvalue weighted by molar-refractivity contribution is 5.35. The lowest BCUT2D eigenvalue weighted by Gasteiger charge is -2.17. The van der Waals surface area contributed by atoms with Gasteiger partial charge in [0.05, 0.1) is 12.9 Å². The maximum absolute atomic E-state index is 5.65. The van der Waals surface area contributed by atoms with Crippen LogP contribution in [0.15, 0.2) is 47.1 Å². The van der Waals surface area contributed by atoms with E-state index < -0.39 is 0 Å². The Morgan fingerprint density at radius 2 is 2.05 bits per heavy atom. The molecule has 1 aromatic carbocycles. The third-order valence-electron chi connectivity index (χ3n) is 3.09. The number of benzene rings is 1. The first kappa shape index (κ1) is 13.7. The van der Waals surface area contributed by atoms with Gasteiger partial charge in [-0.1, -0.05) is 18.2 Å². The molecule has 0 saturated heterocycles. The maximum Gasteiger partial charge on any atom is 0.124 e. The van der Waals surface area contributed by atoms with Gasteiger partial charge in [-0.25, -0.2) is 0 Å². The Balaban J connectivity index is 1.90. The summed E-state index contributed by atoms with van der Waals surface area (Å²) in [6.45, 7) is 5.73. The van der Waals surface area contributed by atoms with Gasteiger partial charge in [-0.15, -0.1) is 0 Å². The van der Waals surface area contributed by atoms with Gasteiger partial charge in [0.2, 0.25) is 0 Å². The number of rotatable bonds is 7. The molecule has 1 aromatic heterocycles. The molecule has 0 aliphatic carbocycles. The number of furan rings is 1. The SMILES string of the molecule is CCOc1ccccc1C(C)NCCc1ccco1. The average molecular weight is 259 g/mol. The zero-order valence-corrected chi connectivity index (χ0v) is 11.6. The Morgan fingerprint density at radius 3 is 2.79 bits per heavy atom. The van der Waals surface area contributed by atoms with Crippen LogP contribution >= 0.6 is 0 Å². The molecule has 0 radical (unpaired) electrons.